The number of carbonyl (C=O) groups is 1. The molecule has 0 radical (unpaired) electrons. The number of benzene rings is 1. The summed E-state index contributed by atoms with van der Waals surface area (Å²) in [5.74, 6) is -0.992. The molecule has 2 N–H and O–H groups in total. The highest BCUT2D eigenvalue weighted by Gasteiger charge is 2.11. The summed E-state index contributed by atoms with van der Waals surface area (Å²) in [6.07, 6.45) is 0.626. The van der Waals surface area contributed by atoms with E-state index >= 15 is 0 Å². The van der Waals surface area contributed by atoms with Crippen molar-refractivity contribution in [3.8, 4) is 0 Å². The summed E-state index contributed by atoms with van der Waals surface area (Å²) in [6.45, 7) is 1.50. The number of thiazole rings is 1. The highest BCUT2D eigenvalue weighted by atomic mass is 32.1. The van der Waals surface area contributed by atoms with Crippen molar-refractivity contribution in [3.05, 3.63) is 51.5 Å². The minimum atomic E-state index is -0.992. The molecule has 6 heteroatoms. The molecule has 1 aromatic carbocycles. The van der Waals surface area contributed by atoms with Gasteiger partial charge in [0.25, 0.3) is 0 Å². The van der Waals surface area contributed by atoms with E-state index in [1.165, 1.54) is 16.9 Å². The molecule has 112 valence electrons. The maximum absolute atomic E-state index is 10.9. The van der Waals surface area contributed by atoms with Gasteiger partial charge in [0, 0.05) is 24.9 Å². The standard InChI is InChI=1S/C15H18N2O3S/c1-17(6-7-18)9-12-5-3-2-4-11(12)8-14-16-13(10-21-14)15(19)20/h2-5,10,18H,6-9H2,1H3,(H,19,20). The number of rotatable bonds is 7. The Balaban J connectivity index is 2.13. The van der Waals surface area contributed by atoms with Crippen molar-refractivity contribution >= 4 is 17.3 Å². The molecule has 0 unspecified atom stereocenters. The van der Waals surface area contributed by atoms with Crippen molar-refractivity contribution < 1.29 is 15.0 Å². The first kappa shape index (κ1) is 15.6. The van der Waals surface area contributed by atoms with Crippen LogP contribution in [0.3, 0.4) is 0 Å². The average Bonchev–Trinajstić information content (AvgIpc) is 2.90. The van der Waals surface area contributed by atoms with E-state index in [0.29, 0.717) is 13.0 Å². The van der Waals surface area contributed by atoms with E-state index in [1.807, 2.05) is 30.1 Å². The van der Waals surface area contributed by atoms with E-state index in [2.05, 4.69) is 11.1 Å². The van der Waals surface area contributed by atoms with E-state index in [0.717, 1.165) is 17.1 Å². The Morgan fingerprint density at radius 2 is 2.05 bits per heavy atom. The molecule has 0 fully saturated rings. The van der Waals surface area contributed by atoms with Gasteiger partial charge in [-0.25, -0.2) is 9.78 Å². The summed E-state index contributed by atoms with van der Waals surface area (Å²) in [6, 6.07) is 8.03. The third kappa shape index (κ3) is 4.35. The van der Waals surface area contributed by atoms with Gasteiger partial charge in [0.1, 0.15) is 0 Å². The molecular formula is C15H18N2O3S. The van der Waals surface area contributed by atoms with Crippen LogP contribution in [-0.2, 0) is 13.0 Å². The van der Waals surface area contributed by atoms with E-state index in [9.17, 15) is 4.79 Å². The molecule has 21 heavy (non-hydrogen) atoms. The van der Waals surface area contributed by atoms with Crippen molar-refractivity contribution in [1.82, 2.24) is 9.88 Å². The Morgan fingerprint density at radius 3 is 2.67 bits per heavy atom. The number of aromatic carboxylic acids is 1. The Labute approximate surface area is 127 Å². The number of carboxylic acid groups (broad SMARTS) is 1. The predicted molar refractivity (Wildman–Crippen MR) is 81.7 cm³/mol. The van der Waals surface area contributed by atoms with Crippen molar-refractivity contribution in [3.63, 3.8) is 0 Å². The van der Waals surface area contributed by atoms with Crippen LogP contribution in [-0.4, -0.2) is 46.3 Å². The average molecular weight is 306 g/mol. The van der Waals surface area contributed by atoms with Crippen LogP contribution in [0.1, 0.15) is 26.6 Å². The van der Waals surface area contributed by atoms with E-state index in [-0.39, 0.29) is 12.3 Å². The van der Waals surface area contributed by atoms with Crippen molar-refractivity contribution in [2.24, 2.45) is 0 Å². The number of aromatic nitrogens is 1. The first-order chi connectivity index (χ1) is 10.1. The molecule has 2 rings (SSSR count). The van der Waals surface area contributed by atoms with E-state index in [4.69, 9.17) is 10.2 Å². The Morgan fingerprint density at radius 1 is 1.33 bits per heavy atom. The van der Waals surface area contributed by atoms with Crippen LogP contribution in [0.5, 0.6) is 0 Å². The lowest BCUT2D eigenvalue weighted by Crippen LogP contribution is -2.22. The molecule has 1 heterocycles. The fourth-order valence-electron chi connectivity index (χ4n) is 2.08. The quantitative estimate of drug-likeness (QED) is 0.817. The smallest absolute Gasteiger partial charge is 0.355 e. The van der Waals surface area contributed by atoms with Crippen LogP contribution in [0, 0.1) is 0 Å². The normalized spacial score (nSPS) is 11.0. The largest absolute Gasteiger partial charge is 0.476 e. The van der Waals surface area contributed by atoms with Crippen LogP contribution in [0.2, 0.25) is 0 Å². The predicted octanol–water partition coefficient (Wildman–Crippen LogP) is 1.86. The summed E-state index contributed by atoms with van der Waals surface area (Å²) >= 11 is 1.37. The molecule has 0 aliphatic heterocycles. The number of nitrogens with zero attached hydrogens (tertiary/aromatic N) is 2. The summed E-state index contributed by atoms with van der Waals surface area (Å²) in [7, 11) is 1.96. The monoisotopic (exact) mass is 306 g/mol. The maximum Gasteiger partial charge on any atom is 0.355 e. The van der Waals surface area contributed by atoms with Crippen molar-refractivity contribution in [2.45, 2.75) is 13.0 Å². The fraction of sp³-hybridized carbons (Fsp3) is 0.333. The maximum atomic E-state index is 10.9. The highest BCUT2D eigenvalue weighted by Crippen LogP contribution is 2.19. The van der Waals surface area contributed by atoms with Gasteiger partial charge in [-0.05, 0) is 18.2 Å². The lowest BCUT2D eigenvalue weighted by atomic mass is 10.0. The zero-order chi connectivity index (χ0) is 15.2. The SMILES string of the molecule is CN(CCO)Cc1ccccc1Cc1nc(C(=O)O)cs1. The Hall–Kier alpha value is -1.76. The number of hydrogen-bond acceptors (Lipinski definition) is 5. The summed E-state index contributed by atoms with van der Waals surface area (Å²) in [5.41, 5.74) is 2.40. The highest BCUT2D eigenvalue weighted by molar-refractivity contribution is 7.09. The first-order valence-corrected chi connectivity index (χ1v) is 7.52. The molecule has 0 saturated carbocycles. The molecule has 2 aromatic rings. The molecular weight excluding hydrogens is 288 g/mol. The lowest BCUT2D eigenvalue weighted by molar-refractivity contribution is 0.0691. The van der Waals surface area contributed by atoms with Crippen LogP contribution >= 0.6 is 11.3 Å². The van der Waals surface area contributed by atoms with Crippen LogP contribution in [0.25, 0.3) is 0 Å². The van der Waals surface area contributed by atoms with Gasteiger partial charge in [-0.2, -0.15) is 0 Å². The summed E-state index contributed by atoms with van der Waals surface area (Å²) in [4.78, 5) is 17.0. The zero-order valence-corrected chi connectivity index (χ0v) is 12.6. The van der Waals surface area contributed by atoms with Gasteiger partial charge in [-0.1, -0.05) is 24.3 Å². The third-order valence-corrected chi connectivity index (χ3v) is 4.00. The minimum Gasteiger partial charge on any atom is -0.476 e. The van der Waals surface area contributed by atoms with Gasteiger partial charge in [0.2, 0.25) is 0 Å². The molecule has 0 aliphatic carbocycles. The molecule has 5 nitrogen and oxygen atoms in total. The van der Waals surface area contributed by atoms with Gasteiger partial charge in [0.05, 0.1) is 11.6 Å². The Kier molecular flexibility index (Phi) is 5.44. The minimum absolute atomic E-state index is 0.102. The fourth-order valence-corrected chi connectivity index (χ4v) is 2.87. The summed E-state index contributed by atoms with van der Waals surface area (Å²) in [5, 5.41) is 20.2. The molecule has 0 spiro atoms. The van der Waals surface area contributed by atoms with Crippen molar-refractivity contribution in [1.29, 1.82) is 0 Å². The van der Waals surface area contributed by atoms with Gasteiger partial charge in [-0.15, -0.1) is 11.3 Å². The molecule has 0 atom stereocenters. The van der Waals surface area contributed by atoms with E-state index < -0.39 is 5.97 Å². The van der Waals surface area contributed by atoms with Crippen LogP contribution < -0.4 is 0 Å². The molecule has 0 saturated heterocycles. The molecule has 0 aliphatic rings. The second-order valence-corrected chi connectivity index (χ2v) is 5.78. The molecule has 0 amide bonds. The number of carboxylic acids is 1. The molecule has 0 bridgehead atoms. The molecule has 1 aromatic heterocycles. The topological polar surface area (TPSA) is 73.7 Å². The van der Waals surface area contributed by atoms with Crippen LogP contribution in [0.4, 0.5) is 0 Å². The Bertz CT molecular complexity index is 612. The second-order valence-electron chi connectivity index (χ2n) is 4.84. The number of hydrogen-bond donors (Lipinski definition) is 2. The van der Waals surface area contributed by atoms with Gasteiger partial charge in [-0.3, -0.25) is 4.90 Å². The zero-order valence-electron chi connectivity index (χ0n) is 11.8. The van der Waals surface area contributed by atoms with E-state index in [1.54, 1.807) is 5.38 Å². The number of aliphatic hydroxyl groups excluding tert-OH is 1. The van der Waals surface area contributed by atoms with Crippen LogP contribution in [0.15, 0.2) is 29.6 Å². The third-order valence-electron chi connectivity index (χ3n) is 3.15. The van der Waals surface area contributed by atoms with Gasteiger partial charge < -0.3 is 10.2 Å². The summed E-state index contributed by atoms with van der Waals surface area (Å²) < 4.78 is 0. The van der Waals surface area contributed by atoms with Gasteiger partial charge >= 0.3 is 5.97 Å². The number of aliphatic hydroxyl groups is 1. The van der Waals surface area contributed by atoms with Gasteiger partial charge in [0.15, 0.2) is 5.69 Å². The second kappa shape index (κ2) is 7.31. The lowest BCUT2D eigenvalue weighted by Gasteiger charge is -2.17. The van der Waals surface area contributed by atoms with Crippen molar-refractivity contribution in [2.75, 3.05) is 20.2 Å². The number of likely N-dealkylation sites (N-methyl/N-ethyl adjacent to an activating group) is 1. The first-order valence-electron chi connectivity index (χ1n) is 6.64.